The molecule has 12 heteroatoms. The molecule has 218 valence electrons. The Balaban J connectivity index is 1.23. The molecule has 10 nitrogen and oxygen atoms in total. The van der Waals surface area contributed by atoms with Crippen molar-refractivity contribution in [3.05, 3.63) is 52.7 Å². The lowest BCUT2D eigenvalue weighted by Gasteiger charge is -2.41. The van der Waals surface area contributed by atoms with E-state index in [1.165, 1.54) is 6.42 Å². The Kier molecular flexibility index (Phi) is 6.98. The van der Waals surface area contributed by atoms with Crippen molar-refractivity contribution in [3.8, 4) is 6.01 Å². The maximum absolute atomic E-state index is 12.3. The highest BCUT2D eigenvalue weighted by atomic mass is 35.5. The van der Waals surface area contributed by atoms with Crippen molar-refractivity contribution in [2.24, 2.45) is 0 Å². The van der Waals surface area contributed by atoms with E-state index in [0.717, 1.165) is 83.9 Å². The van der Waals surface area contributed by atoms with E-state index in [4.69, 9.17) is 26.3 Å². The van der Waals surface area contributed by atoms with Crippen LogP contribution < -0.4 is 24.0 Å². The molecule has 2 aromatic carbocycles. The van der Waals surface area contributed by atoms with Gasteiger partial charge in [-0.2, -0.15) is 23.1 Å². The number of nitrogens with zero attached hydrogens (tertiary/aromatic N) is 5. The fraction of sp³-hybridized carbons (Fsp3) is 0.517. The van der Waals surface area contributed by atoms with Crippen molar-refractivity contribution >= 4 is 44.1 Å². The van der Waals surface area contributed by atoms with Gasteiger partial charge < -0.3 is 19.4 Å². The molecule has 1 spiro atoms. The van der Waals surface area contributed by atoms with E-state index in [2.05, 4.69) is 55.5 Å². The number of hydrogen-bond acceptors (Lipinski definition) is 8. The van der Waals surface area contributed by atoms with Crippen molar-refractivity contribution in [1.82, 2.24) is 24.3 Å². The zero-order valence-electron chi connectivity index (χ0n) is 23.3. The number of likely N-dealkylation sites (tertiary alicyclic amines) is 1. The van der Waals surface area contributed by atoms with Crippen molar-refractivity contribution in [1.29, 1.82) is 0 Å². The predicted molar refractivity (Wildman–Crippen MR) is 161 cm³/mol. The van der Waals surface area contributed by atoms with Gasteiger partial charge in [-0.25, -0.2) is 4.72 Å². The van der Waals surface area contributed by atoms with Gasteiger partial charge in [-0.1, -0.05) is 35.9 Å². The molecule has 5 heterocycles. The molecule has 4 aliphatic heterocycles. The fourth-order valence-corrected chi connectivity index (χ4v) is 8.58. The molecule has 3 aromatic rings. The predicted octanol–water partition coefficient (Wildman–Crippen LogP) is 3.10. The number of likely N-dealkylation sites (N-methyl/N-ethyl adjacent to an activating group) is 1. The first-order valence-electron chi connectivity index (χ1n) is 14.5. The zero-order valence-corrected chi connectivity index (χ0v) is 24.8. The normalized spacial score (nSPS) is 26.1. The molecule has 0 bridgehead atoms. The van der Waals surface area contributed by atoms with Crippen LogP contribution in [0.5, 0.6) is 6.01 Å². The molecule has 2 atom stereocenters. The molecular weight excluding hydrogens is 562 g/mol. The molecule has 0 amide bonds. The summed E-state index contributed by atoms with van der Waals surface area (Å²) in [5.74, 6) is 0.866. The SMILES string of the molecule is CN1CCC[C@H]1COc1nc2c(c(N3CCCC4(CNS(=O)(=O)N4)C3)n1)CCN(c1cccc3cccc(Cl)c13)C2. The first-order valence-corrected chi connectivity index (χ1v) is 16.3. The molecule has 3 saturated heterocycles. The Morgan fingerprint density at radius 3 is 2.73 bits per heavy atom. The van der Waals surface area contributed by atoms with Crippen molar-refractivity contribution in [3.63, 3.8) is 0 Å². The number of nitrogens with one attached hydrogen (secondary N) is 2. The highest BCUT2D eigenvalue weighted by Gasteiger charge is 2.45. The lowest BCUT2D eigenvalue weighted by molar-refractivity contribution is 0.187. The van der Waals surface area contributed by atoms with Gasteiger partial charge in [-0.05, 0) is 63.2 Å². The second-order valence-electron chi connectivity index (χ2n) is 11.9. The quantitative estimate of drug-likeness (QED) is 0.463. The number of ether oxygens (including phenoxy) is 1. The number of fused-ring (bicyclic) bond motifs is 2. The van der Waals surface area contributed by atoms with Gasteiger partial charge in [-0.3, -0.25) is 0 Å². The summed E-state index contributed by atoms with van der Waals surface area (Å²) in [6, 6.07) is 13.0. The van der Waals surface area contributed by atoms with Gasteiger partial charge in [0.1, 0.15) is 12.4 Å². The molecule has 0 saturated carbocycles. The van der Waals surface area contributed by atoms with Crippen molar-refractivity contribution in [2.45, 2.75) is 50.2 Å². The number of benzene rings is 2. The summed E-state index contributed by atoms with van der Waals surface area (Å²) in [5.41, 5.74) is 2.62. The first kappa shape index (κ1) is 27.2. The third kappa shape index (κ3) is 5.23. The van der Waals surface area contributed by atoms with E-state index in [9.17, 15) is 8.42 Å². The van der Waals surface area contributed by atoms with Gasteiger partial charge in [0.25, 0.3) is 10.2 Å². The minimum Gasteiger partial charge on any atom is -0.462 e. The number of rotatable bonds is 5. The Labute approximate surface area is 246 Å². The topological polar surface area (TPSA) is 103 Å². The monoisotopic (exact) mass is 597 g/mol. The van der Waals surface area contributed by atoms with Gasteiger partial charge in [0.05, 0.1) is 22.8 Å². The summed E-state index contributed by atoms with van der Waals surface area (Å²) < 4.78 is 36.3. The number of anilines is 2. The van der Waals surface area contributed by atoms with Crippen LogP contribution in [0.3, 0.4) is 0 Å². The zero-order chi connectivity index (χ0) is 28.2. The largest absolute Gasteiger partial charge is 0.462 e. The molecule has 2 N–H and O–H groups in total. The van der Waals surface area contributed by atoms with E-state index < -0.39 is 15.7 Å². The van der Waals surface area contributed by atoms with Gasteiger partial charge in [0.2, 0.25) is 0 Å². The van der Waals surface area contributed by atoms with Crippen molar-refractivity contribution < 1.29 is 13.2 Å². The Morgan fingerprint density at radius 2 is 1.95 bits per heavy atom. The van der Waals surface area contributed by atoms with Crippen LogP contribution in [-0.2, 0) is 23.2 Å². The summed E-state index contributed by atoms with van der Waals surface area (Å²) in [5, 5.41) is 2.90. The molecule has 4 aliphatic rings. The molecular formula is C29H36ClN7O3S. The third-order valence-electron chi connectivity index (χ3n) is 9.10. The number of piperidine rings is 1. The molecule has 41 heavy (non-hydrogen) atoms. The van der Waals surface area contributed by atoms with E-state index in [-0.39, 0.29) is 0 Å². The standard InChI is InChI=1S/C29H36ClN7O3S/c1-35-13-4-8-21(35)17-40-28-32-24-16-36(25-10-3-7-20-6-2-9-23(30)26(20)25)15-11-22(24)27(33-28)37-14-5-12-29(19-37)18-31-41(38,39)34-29/h2-3,6-7,9-10,21,31,34H,4-5,8,11-19H2,1H3/t21-,29?/m0/s1. The van der Waals surface area contributed by atoms with Crippen LogP contribution in [0.2, 0.25) is 5.02 Å². The fourth-order valence-electron chi connectivity index (χ4n) is 6.95. The van der Waals surface area contributed by atoms with Crippen LogP contribution in [0.15, 0.2) is 36.4 Å². The van der Waals surface area contributed by atoms with Crippen LogP contribution in [0, 0.1) is 0 Å². The number of hydrogen-bond donors (Lipinski definition) is 2. The van der Waals surface area contributed by atoms with E-state index in [1.807, 2.05) is 12.1 Å². The lowest BCUT2D eigenvalue weighted by atomic mass is 9.89. The average molecular weight is 598 g/mol. The number of aromatic nitrogens is 2. The maximum Gasteiger partial charge on any atom is 0.318 e. The molecule has 0 aliphatic carbocycles. The molecule has 0 radical (unpaired) electrons. The Hall–Kier alpha value is -2.70. The Morgan fingerprint density at radius 1 is 1.10 bits per heavy atom. The second kappa shape index (κ2) is 10.5. The van der Waals surface area contributed by atoms with E-state index in [0.29, 0.717) is 38.3 Å². The summed E-state index contributed by atoms with van der Waals surface area (Å²) in [6.45, 7) is 4.77. The van der Waals surface area contributed by atoms with Gasteiger partial charge in [0, 0.05) is 48.9 Å². The summed E-state index contributed by atoms with van der Waals surface area (Å²) >= 11 is 6.69. The van der Waals surface area contributed by atoms with Crippen LogP contribution >= 0.6 is 11.6 Å². The van der Waals surface area contributed by atoms with Crippen LogP contribution in [-0.4, -0.2) is 81.2 Å². The maximum atomic E-state index is 12.3. The van der Waals surface area contributed by atoms with Crippen LogP contribution in [0.1, 0.15) is 36.9 Å². The molecule has 1 aromatic heterocycles. The van der Waals surface area contributed by atoms with Gasteiger partial charge >= 0.3 is 6.01 Å². The second-order valence-corrected chi connectivity index (χ2v) is 13.8. The third-order valence-corrected chi connectivity index (χ3v) is 10.6. The molecule has 7 rings (SSSR count). The number of halogens is 1. The highest BCUT2D eigenvalue weighted by Crippen LogP contribution is 2.38. The minimum absolute atomic E-state index is 0.352. The lowest BCUT2D eigenvalue weighted by Crippen LogP contribution is -2.56. The molecule has 1 unspecified atom stereocenters. The van der Waals surface area contributed by atoms with Crippen molar-refractivity contribution in [2.75, 3.05) is 56.2 Å². The van der Waals surface area contributed by atoms with Gasteiger partial charge in [0.15, 0.2) is 0 Å². The summed E-state index contributed by atoms with van der Waals surface area (Å²) in [6.07, 6.45) is 4.70. The summed E-state index contributed by atoms with van der Waals surface area (Å²) in [4.78, 5) is 16.9. The smallest absolute Gasteiger partial charge is 0.318 e. The van der Waals surface area contributed by atoms with Crippen LogP contribution in [0.25, 0.3) is 10.8 Å². The summed E-state index contributed by atoms with van der Waals surface area (Å²) in [7, 11) is -1.34. The average Bonchev–Trinajstić information content (AvgIpc) is 3.51. The van der Waals surface area contributed by atoms with E-state index in [1.54, 1.807) is 0 Å². The Bertz CT molecular complexity index is 1580. The van der Waals surface area contributed by atoms with Gasteiger partial charge in [-0.15, -0.1) is 0 Å². The minimum atomic E-state index is -3.47. The van der Waals surface area contributed by atoms with E-state index >= 15 is 0 Å². The first-order chi connectivity index (χ1) is 19.8. The molecule has 3 fully saturated rings. The van der Waals surface area contributed by atoms with Crippen LogP contribution in [0.4, 0.5) is 11.5 Å². The highest BCUT2D eigenvalue weighted by molar-refractivity contribution is 7.87.